The molecule has 27 heavy (non-hydrogen) atoms. The van der Waals surface area contributed by atoms with Gasteiger partial charge >= 0.3 is 0 Å². The number of anilines is 2. The molecule has 2 heterocycles. The SMILES string of the molecule is CC(=O)Nc1cccc(N2CC(C)C(NC(=O)c3cc(C4CC4)on3)C2)c1. The Hall–Kier alpha value is -2.83. The molecule has 2 N–H and O–H groups in total. The highest BCUT2D eigenvalue weighted by molar-refractivity contribution is 5.92. The van der Waals surface area contributed by atoms with Crippen molar-refractivity contribution >= 4 is 23.2 Å². The maximum Gasteiger partial charge on any atom is 0.273 e. The molecule has 1 aliphatic carbocycles. The number of hydrogen-bond donors (Lipinski definition) is 2. The van der Waals surface area contributed by atoms with Crippen LogP contribution in [0.3, 0.4) is 0 Å². The van der Waals surface area contributed by atoms with Gasteiger partial charge in [0.05, 0.1) is 6.04 Å². The van der Waals surface area contributed by atoms with Crippen LogP contribution in [0.25, 0.3) is 0 Å². The highest BCUT2D eigenvalue weighted by atomic mass is 16.5. The molecule has 7 heteroatoms. The number of benzene rings is 1. The van der Waals surface area contributed by atoms with E-state index in [1.54, 1.807) is 6.07 Å². The quantitative estimate of drug-likeness (QED) is 0.847. The summed E-state index contributed by atoms with van der Waals surface area (Å²) >= 11 is 0. The van der Waals surface area contributed by atoms with E-state index in [1.165, 1.54) is 6.92 Å². The van der Waals surface area contributed by atoms with E-state index in [0.717, 1.165) is 36.5 Å². The number of amides is 2. The molecular weight excluding hydrogens is 344 g/mol. The number of hydrogen-bond acceptors (Lipinski definition) is 5. The summed E-state index contributed by atoms with van der Waals surface area (Å²) < 4.78 is 5.28. The maximum absolute atomic E-state index is 12.5. The molecule has 2 aromatic rings. The average Bonchev–Trinajstić information content (AvgIpc) is 3.24. The monoisotopic (exact) mass is 368 g/mol. The zero-order chi connectivity index (χ0) is 19.0. The van der Waals surface area contributed by atoms with Crippen molar-refractivity contribution in [1.29, 1.82) is 0 Å². The molecule has 1 aliphatic heterocycles. The second-order valence-electron chi connectivity index (χ2n) is 7.58. The molecule has 2 aliphatic rings. The van der Waals surface area contributed by atoms with Gasteiger partial charge in [-0.05, 0) is 37.0 Å². The van der Waals surface area contributed by atoms with Crippen LogP contribution < -0.4 is 15.5 Å². The molecule has 2 atom stereocenters. The second kappa shape index (κ2) is 7.06. The van der Waals surface area contributed by atoms with E-state index in [9.17, 15) is 9.59 Å². The summed E-state index contributed by atoms with van der Waals surface area (Å²) in [6.07, 6.45) is 2.23. The van der Waals surface area contributed by atoms with Gasteiger partial charge in [0.15, 0.2) is 5.69 Å². The summed E-state index contributed by atoms with van der Waals surface area (Å²) in [4.78, 5) is 26.0. The van der Waals surface area contributed by atoms with Gasteiger partial charge in [-0.3, -0.25) is 9.59 Å². The number of rotatable bonds is 5. The lowest BCUT2D eigenvalue weighted by molar-refractivity contribution is -0.114. The van der Waals surface area contributed by atoms with E-state index in [1.807, 2.05) is 24.3 Å². The van der Waals surface area contributed by atoms with Crippen molar-refractivity contribution in [3.05, 3.63) is 41.8 Å². The van der Waals surface area contributed by atoms with Crippen LogP contribution in [0, 0.1) is 5.92 Å². The van der Waals surface area contributed by atoms with Crippen LogP contribution in [0.1, 0.15) is 48.9 Å². The van der Waals surface area contributed by atoms with Crippen molar-refractivity contribution in [2.75, 3.05) is 23.3 Å². The maximum atomic E-state index is 12.5. The summed E-state index contributed by atoms with van der Waals surface area (Å²) in [7, 11) is 0. The van der Waals surface area contributed by atoms with Crippen LogP contribution in [0.15, 0.2) is 34.9 Å². The third-order valence-electron chi connectivity index (χ3n) is 5.20. The first-order valence-corrected chi connectivity index (χ1v) is 9.39. The van der Waals surface area contributed by atoms with Gasteiger partial charge in [-0.2, -0.15) is 0 Å². The van der Waals surface area contributed by atoms with Gasteiger partial charge in [0, 0.05) is 43.4 Å². The summed E-state index contributed by atoms with van der Waals surface area (Å²) in [6.45, 7) is 5.17. The van der Waals surface area contributed by atoms with Gasteiger partial charge in [-0.25, -0.2) is 0 Å². The predicted molar refractivity (Wildman–Crippen MR) is 102 cm³/mol. The number of nitrogens with zero attached hydrogens (tertiary/aromatic N) is 2. The zero-order valence-corrected chi connectivity index (χ0v) is 15.6. The fraction of sp³-hybridized carbons (Fsp3) is 0.450. The first-order valence-electron chi connectivity index (χ1n) is 9.39. The Morgan fingerprint density at radius 2 is 2.04 bits per heavy atom. The number of carbonyl (C=O) groups excluding carboxylic acids is 2. The molecule has 2 amide bonds. The molecular formula is C20H24N4O3. The van der Waals surface area contributed by atoms with Crippen molar-refractivity contribution < 1.29 is 14.1 Å². The first kappa shape index (κ1) is 17.6. The zero-order valence-electron chi connectivity index (χ0n) is 15.6. The lowest BCUT2D eigenvalue weighted by atomic mass is 10.1. The topological polar surface area (TPSA) is 87.5 Å². The van der Waals surface area contributed by atoms with Gasteiger partial charge in [0.25, 0.3) is 5.91 Å². The molecule has 0 bridgehead atoms. The smallest absolute Gasteiger partial charge is 0.273 e. The minimum atomic E-state index is -0.184. The van der Waals surface area contributed by atoms with Crippen LogP contribution >= 0.6 is 0 Å². The lowest BCUT2D eigenvalue weighted by Crippen LogP contribution is -2.40. The van der Waals surface area contributed by atoms with Crippen LogP contribution in [-0.2, 0) is 4.79 Å². The second-order valence-corrected chi connectivity index (χ2v) is 7.58. The fourth-order valence-electron chi connectivity index (χ4n) is 3.55. The van der Waals surface area contributed by atoms with Crippen molar-refractivity contribution in [2.45, 2.75) is 38.6 Å². The Labute approximate surface area is 158 Å². The van der Waals surface area contributed by atoms with Gasteiger partial charge in [0.2, 0.25) is 5.91 Å². The Morgan fingerprint density at radius 1 is 1.22 bits per heavy atom. The van der Waals surface area contributed by atoms with E-state index in [2.05, 4.69) is 27.6 Å². The van der Waals surface area contributed by atoms with E-state index in [-0.39, 0.29) is 17.9 Å². The highest BCUT2D eigenvalue weighted by Crippen LogP contribution is 2.40. The minimum Gasteiger partial charge on any atom is -0.369 e. The molecule has 2 fully saturated rings. The Balaban J connectivity index is 1.40. The summed E-state index contributed by atoms with van der Waals surface area (Å²) in [6, 6.07) is 9.56. The van der Waals surface area contributed by atoms with Gasteiger partial charge < -0.3 is 20.1 Å². The number of aromatic nitrogens is 1. The third-order valence-corrected chi connectivity index (χ3v) is 5.20. The van der Waals surface area contributed by atoms with Crippen molar-refractivity contribution in [2.24, 2.45) is 5.92 Å². The molecule has 4 rings (SSSR count). The summed E-state index contributed by atoms with van der Waals surface area (Å²) in [5.41, 5.74) is 2.16. The van der Waals surface area contributed by atoms with Crippen LogP contribution in [0.2, 0.25) is 0 Å². The normalized spacial score (nSPS) is 21.9. The highest BCUT2D eigenvalue weighted by Gasteiger charge is 2.33. The van der Waals surface area contributed by atoms with Gasteiger partial charge in [-0.15, -0.1) is 0 Å². The fourth-order valence-corrected chi connectivity index (χ4v) is 3.55. The minimum absolute atomic E-state index is 0.0306. The molecule has 0 spiro atoms. The van der Waals surface area contributed by atoms with E-state index in [4.69, 9.17) is 4.52 Å². The van der Waals surface area contributed by atoms with Crippen LogP contribution in [0.5, 0.6) is 0 Å². The molecule has 0 radical (unpaired) electrons. The molecule has 1 saturated heterocycles. The molecule has 142 valence electrons. The number of nitrogens with one attached hydrogen (secondary N) is 2. The van der Waals surface area contributed by atoms with Crippen molar-refractivity contribution in [3.8, 4) is 0 Å². The molecule has 1 aromatic heterocycles. The number of carbonyl (C=O) groups is 2. The first-order chi connectivity index (χ1) is 13.0. The average molecular weight is 368 g/mol. The van der Waals surface area contributed by atoms with Gasteiger partial charge in [-0.1, -0.05) is 18.1 Å². The molecule has 7 nitrogen and oxygen atoms in total. The Kier molecular flexibility index (Phi) is 4.59. The largest absolute Gasteiger partial charge is 0.369 e. The van der Waals surface area contributed by atoms with Crippen LogP contribution in [-0.4, -0.2) is 36.1 Å². The predicted octanol–water partition coefficient (Wildman–Crippen LogP) is 2.77. The summed E-state index contributed by atoms with van der Waals surface area (Å²) in [5.74, 6) is 1.28. The molecule has 2 unspecified atom stereocenters. The van der Waals surface area contributed by atoms with E-state index in [0.29, 0.717) is 24.1 Å². The van der Waals surface area contributed by atoms with Crippen molar-refractivity contribution in [3.63, 3.8) is 0 Å². The third kappa shape index (κ3) is 3.97. The Bertz CT molecular complexity index is 858. The standard InChI is InChI=1S/C20H24N4O3/c1-12-10-24(16-5-3-4-15(8-16)21-13(2)25)11-18(12)22-20(26)17-9-19(27-23-17)14-6-7-14/h3-5,8-9,12,14,18H,6-7,10-11H2,1-2H3,(H,21,25)(H,22,26). The Morgan fingerprint density at radius 3 is 2.78 bits per heavy atom. The lowest BCUT2D eigenvalue weighted by Gasteiger charge is -2.19. The van der Waals surface area contributed by atoms with E-state index >= 15 is 0 Å². The molecule has 1 aromatic carbocycles. The molecule has 1 saturated carbocycles. The van der Waals surface area contributed by atoms with Gasteiger partial charge in [0.1, 0.15) is 5.76 Å². The van der Waals surface area contributed by atoms with Crippen LogP contribution in [0.4, 0.5) is 11.4 Å². The van der Waals surface area contributed by atoms with E-state index < -0.39 is 0 Å². The summed E-state index contributed by atoms with van der Waals surface area (Å²) in [5, 5.41) is 9.82. The van der Waals surface area contributed by atoms with Crippen molar-refractivity contribution in [1.82, 2.24) is 10.5 Å².